The zero-order valence-electron chi connectivity index (χ0n) is 10.7. The fourth-order valence-electron chi connectivity index (χ4n) is 1.85. The van der Waals surface area contributed by atoms with Gasteiger partial charge in [0.1, 0.15) is 5.75 Å². The summed E-state index contributed by atoms with van der Waals surface area (Å²) in [6.07, 6.45) is 0. The Morgan fingerprint density at radius 2 is 1.85 bits per heavy atom. The van der Waals surface area contributed by atoms with Crippen molar-refractivity contribution >= 4 is 50.7 Å². The van der Waals surface area contributed by atoms with Crippen LogP contribution in [0.3, 0.4) is 0 Å². The summed E-state index contributed by atoms with van der Waals surface area (Å²) in [6.45, 7) is 2.56. The summed E-state index contributed by atoms with van der Waals surface area (Å²) in [4.78, 5) is 0. The Hall–Kier alpha value is -0.410. The van der Waals surface area contributed by atoms with Crippen molar-refractivity contribution in [1.82, 2.24) is 0 Å². The van der Waals surface area contributed by atoms with E-state index in [0.29, 0.717) is 16.7 Å². The largest absolute Gasteiger partial charge is 0.494 e. The molecule has 0 heterocycles. The second-order valence-corrected chi connectivity index (χ2v) is 6.28. The summed E-state index contributed by atoms with van der Waals surface area (Å²) in [5, 5.41) is 0.818. The fraction of sp³-hybridized carbons (Fsp3) is 0.200. The summed E-state index contributed by atoms with van der Waals surface area (Å²) in [5.74, 6) is 0.796. The lowest BCUT2D eigenvalue weighted by Gasteiger charge is -2.15. The van der Waals surface area contributed by atoms with Gasteiger partial charge in [-0.05, 0) is 48.4 Å². The molecule has 0 N–H and O–H groups in total. The topological polar surface area (TPSA) is 9.23 Å². The molecule has 5 heteroatoms. The lowest BCUT2D eigenvalue weighted by atomic mass is 10.0. The van der Waals surface area contributed by atoms with Crippen molar-refractivity contribution in [2.24, 2.45) is 0 Å². The van der Waals surface area contributed by atoms with Gasteiger partial charge in [-0.1, -0.05) is 45.2 Å². The van der Waals surface area contributed by atoms with E-state index in [2.05, 4.69) is 15.9 Å². The van der Waals surface area contributed by atoms with Crippen molar-refractivity contribution < 1.29 is 4.74 Å². The molecule has 0 aromatic heterocycles. The Bertz CT molecular complexity index is 616. The number of hydrogen-bond acceptors (Lipinski definition) is 1. The molecule has 1 atom stereocenters. The van der Waals surface area contributed by atoms with Crippen molar-refractivity contribution in [3.05, 3.63) is 62.0 Å². The van der Waals surface area contributed by atoms with Gasteiger partial charge in [0.25, 0.3) is 0 Å². The van der Waals surface area contributed by atoms with Crippen LogP contribution in [0.5, 0.6) is 5.75 Å². The highest BCUT2D eigenvalue weighted by Gasteiger charge is 2.17. The molecule has 0 saturated heterocycles. The van der Waals surface area contributed by atoms with Crippen LogP contribution in [0.15, 0.2) is 40.9 Å². The first-order valence-electron chi connectivity index (χ1n) is 6.04. The Morgan fingerprint density at radius 1 is 1.10 bits per heavy atom. The Morgan fingerprint density at radius 3 is 2.50 bits per heavy atom. The van der Waals surface area contributed by atoms with E-state index in [1.54, 1.807) is 18.2 Å². The smallest absolute Gasteiger partial charge is 0.120 e. The average molecular weight is 395 g/mol. The van der Waals surface area contributed by atoms with Gasteiger partial charge >= 0.3 is 0 Å². The van der Waals surface area contributed by atoms with Crippen LogP contribution in [0.4, 0.5) is 0 Å². The van der Waals surface area contributed by atoms with Gasteiger partial charge in [-0.3, -0.25) is 0 Å². The molecule has 1 unspecified atom stereocenters. The average Bonchev–Trinajstić information content (AvgIpc) is 2.41. The van der Waals surface area contributed by atoms with E-state index in [4.69, 9.17) is 39.5 Å². The van der Waals surface area contributed by atoms with Crippen LogP contribution < -0.4 is 4.74 Å². The van der Waals surface area contributed by atoms with Gasteiger partial charge < -0.3 is 4.74 Å². The number of benzene rings is 2. The molecule has 0 fully saturated rings. The summed E-state index contributed by atoms with van der Waals surface area (Å²) in [6, 6.07) is 11.0. The normalized spacial score (nSPS) is 12.2. The summed E-state index contributed by atoms with van der Waals surface area (Å²) in [7, 11) is 0. The van der Waals surface area contributed by atoms with Gasteiger partial charge in [0.05, 0.1) is 12.0 Å². The van der Waals surface area contributed by atoms with Crippen molar-refractivity contribution in [2.45, 2.75) is 12.3 Å². The molecule has 0 radical (unpaired) electrons. The highest BCUT2D eigenvalue weighted by molar-refractivity contribution is 9.10. The highest BCUT2D eigenvalue weighted by atomic mass is 79.9. The van der Waals surface area contributed by atoms with Crippen molar-refractivity contribution in [3.8, 4) is 5.75 Å². The predicted molar refractivity (Wildman–Crippen MR) is 89.5 cm³/mol. The lowest BCUT2D eigenvalue weighted by Crippen LogP contribution is -1.97. The quantitative estimate of drug-likeness (QED) is 0.539. The number of rotatable bonds is 4. The number of hydrogen-bond donors (Lipinski definition) is 0. The van der Waals surface area contributed by atoms with E-state index >= 15 is 0 Å². The maximum atomic E-state index is 6.53. The molecular weight excluding hydrogens is 382 g/mol. The first-order chi connectivity index (χ1) is 9.52. The maximum absolute atomic E-state index is 6.53. The molecule has 20 heavy (non-hydrogen) atoms. The number of alkyl halides is 1. The zero-order chi connectivity index (χ0) is 14.7. The van der Waals surface area contributed by atoms with Gasteiger partial charge in [0.15, 0.2) is 0 Å². The minimum absolute atomic E-state index is 0.383. The molecule has 2 aromatic rings. The standard InChI is InChI=1S/C15H12BrCl3O/c1-2-20-10-4-5-11(13(16)8-10)15(19)12-7-9(17)3-6-14(12)18/h3-8,15H,2H2,1H3. The van der Waals surface area contributed by atoms with E-state index in [-0.39, 0.29) is 5.38 Å². The van der Waals surface area contributed by atoms with Gasteiger partial charge in [-0.2, -0.15) is 0 Å². The maximum Gasteiger partial charge on any atom is 0.120 e. The van der Waals surface area contributed by atoms with Crippen LogP contribution in [-0.4, -0.2) is 6.61 Å². The first-order valence-corrected chi connectivity index (χ1v) is 8.02. The van der Waals surface area contributed by atoms with E-state index in [1.165, 1.54) is 0 Å². The van der Waals surface area contributed by atoms with Crippen LogP contribution in [0.2, 0.25) is 10.0 Å². The summed E-state index contributed by atoms with van der Waals surface area (Å²) < 4.78 is 6.32. The lowest BCUT2D eigenvalue weighted by molar-refractivity contribution is 0.340. The summed E-state index contributed by atoms with van der Waals surface area (Å²) >= 11 is 22.2. The molecule has 0 aliphatic carbocycles. The second-order valence-electron chi connectivity index (χ2n) is 4.14. The fourth-order valence-corrected chi connectivity index (χ4v) is 3.40. The Balaban J connectivity index is 2.38. The van der Waals surface area contributed by atoms with E-state index in [9.17, 15) is 0 Å². The number of halogens is 4. The minimum Gasteiger partial charge on any atom is -0.494 e. The van der Waals surface area contributed by atoms with Crippen LogP contribution in [0.1, 0.15) is 23.4 Å². The van der Waals surface area contributed by atoms with Crippen LogP contribution in [0, 0.1) is 0 Å². The van der Waals surface area contributed by atoms with Crippen molar-refractivity contribution in [1.29, 1.82) is 0 Å². The monoisotopic (exact) mass is 392 g/mol. The Kier molecular flexibility index (Phi) is 5.62. The molecule has 0 bridgehead atoms. The third kappa shape index (κ3) is 3.62. The second kappa shape index (κ2) is 7.04. The van der Waals surface area contributed by atoms with Crippen LogP contribution >= 0.6 is 50.7 Å². The molecule has 0 aliphatic rings. The minimum atomic E-state index is -0.383. The van der Waals surface area contributed by atoms with E-state index in [0.717, 1.165) is 21.3 Å². The molecule has 2 aromatic carbocycles. The zero-order valence-corrected chi connectivity index (χ0v) is 14.5. The third-order valence-electron chi connectivity index (χ3n) is 2.79. The first kappa shape index (κ1) is 16.0. The van der Waals surface area contributed by atoms with Crippen LogP contribution in [0.25, 0.3) is 0 Å². The number of ether oxygens (including phenoxy) is 1. The van der Waals surface area contributed by atoms with Gasteiger partial charge in [-0.15, -0.1) is 11.6 Å². The van der Waals surface area contributed by atoms with Crippen molar-refractivity contribution in [3.63, 3.8) is 0 Å². The predicted octanol–water partition coefficient (Wildman–Crippen LogP) is 6.48. The molecule has 0 spiro atoms. The highest BCUT2D eigenvalue weighted by Crippen LogP contribution is 2.39. The molecule has 0 saturated carbocycles. The molecule has 1 nitrogen and oxygen atoms in total. The van der Waals surface area contributed by atoms with Crippen LogP contribution in [-0.2, 0) is 0 Å². The van der Waals surface area contributed by atoms with E-state index in [1.807, 2.05) is 25.1 Å². The van der Waals surface area contributed by atoms with Gasteiger partial charge in [-0.25, -0.2) is 0 Å². The Labute approximate surface area is 141 Å². The molecule has 0 amide bonds. The molecular formula is C15H12BrCl3O. The van der Waals surface area contributed by atoms with Gasteiger partial charge in [0.2, 0.25) is 0 Å². The molecule has 106 valence electrons. The van der Waals surface area contributed by atoms with E-state index < -0.39 is 0 Å². The summed E-state index contributed by atoms with van der Waals surface area (Å²) in [5.41, 5.74) is 1.70. The van der Waals surface area contributed by atoms with Crippen molar-refractivity contribution in [2.75, 3.05) is 6.61 Å². The SMILES string of the molecule is CCOc1ccc(C(Cl)c2cc(Cl)ccc2Cl)c(Br)c1. The third-order valence-corrected chi connectivity index (χ3v) is 4.52. The molecule has 2 rings (SSSR count). The van der Waals surface area contributed by atoms with Gasteiger partial charge in [0, 0.05) is 14.5 Å². The molecule has 0 aliphatic heterocycles.